The highest BCUT2D eigenvalue weighted by Gasteiger charge is 2.31. The average Bonchev–Trinajstić information content (AvgIpc) is 3.29. The average molecular weight is 569 g/mol. The molecule has 4 aromatic rings. The number of rotatable bonds is 5. The van der Waals surface area contributed by atoms with Crippen LogP contribution in [0.1, 0.15) is 16.8 Å². The monoisotopic (exact) mass is 567 g/mol. The molecule has 0 bridgehead atoms. The lowest BCUT2D eigenvalue weighted by Gasteiger charge is -2.23. The molecule has 3 heterocycles. The fraction of sp³-hybridized carbons (Fsp3) is 0.190. The SMILES string of the molecule is FC(F)(F)c1cccc(Oc2nnc3nncn3c2C2=NC(Cc3ccc(Br)cc3Cl)CON2)c1. The molecule has 2 aromatic heterocycles. The van der Waals surface area contributed by atoms with Crippen LogP contribution in [0.15, 0.2) is 58.3 Å². The number of hydrogen-bond donors (Lipinski definition) is 1. The van der Waals surface area contributed by atoms with Crippen LogP contribution in [0.25, 0.3) is 5.78 Å². The lowest BCUT2D eigenvalue weighted by atomic mass is 10.1. The molecule has 0 saturated heterocycles. The van der Waals surface area contributed by atoms with E-state index in [0.29, 0.717) is 11.4 Å². The maximum absolute atomic E-state index is 13.2. The molecule has 14 heteroatoms. The third-order valence-corrected chi connectivity index (χ3v) is 5.88. The Bertz CT molecular complexity index is 1430. The fourth-order valence-electron chi connectivity index (χ4n) is 3.43. The molecule has 0 saturated carbocycles. The molecule has 5 rings (SSSR count). The number of nitrogens with zero attached hydrogens (tertiary/aromatic N) is 6. The maximum atomic E-state index is 13.2. The Kier molecular flexibility index (Phi) is 6.30. The summed E-state index contributed by atoms with van der Waals surface area (Å²) in [5.41, 5.74) is 2.96. The van der Waals surface area contributed by atoms with Gasteiger partial charge in [0.05, 0.1) is 18.2 Å². The topological polar surface area (TPSA) is 98.8 Å². The first-order chi connectivity index (χ1) is 16.8. The summed E-state index contributed by atoms with van der Waals surface area (Å²) < 4.78 is 47.5. The van der Waals surface area contributed by atoms with Crippen LogP contribution in [0.4, 0.5) is 13.2 Å². The minimum atomic E-state index is -4.53. The van der Waals surface area contributed by atoms with Crippen LogP contribution in [-0.4, -0.2) is 43.3 Å². The zero-order chi connectivity index (χ0) is 24.6. The van der Waals surface area contributed by atoms with E-state index in [9.17, 15) is 13.2 Å². The summed E-state index contributed by atoms with van der Waals surface area (Å²) in [6.07, 6.45) is -2.70. The second-order valence-electron chi connectivity index (χ2n) is 7.47. The van der Waals surface area contributed by atoms with E-state index in [-0.39, 0.29) is 41.6 Å². The molecule has 9 nitrogen and oxygen atoms in total. The van der Waals surface area contributed by atoms with E-state index in [1.54, 1.807) is 6.07 Å². The van der Waals surface area contributed by atoms with E-state index in [1.807, 2.05) is 12.1 Å². The van der Waals surface area contributed by atoms with E-state index in [4.69, 9.17) is 26.2 Å². The minimum absolute atomic E-state index is 0.0849. The molecule has 0 fully saturated rings. The van der Waals surface area contributed by atoms with Gasteiger partial charge in [0.25, 0.3) is 11.7 Å². The summed E-state index contributed by atoms with van der Waals surface area (Å²) in [4.78, 5) is 10.2. The second kappa shape index (κ2) is 9.40. The minimum Gasteiger partial charge on any atom is -0.436 e. The van der Waals surface area contributed by atoms with Gasteiger partial charge in [0.2, 0.25) is 0 Å². The highest BCUT2D eigenvalue weighted by molar-refractivity contribution is 9.10. The molecule has 1 aliphatic heterocycles. The lowest BCUT2D eigenvalue weighted by molar-refractivity contribution is -0.137. The van der Waals surface area contributed by atoms with E-state index < -0.39 is 11.7 Å². The van der Waals surface area contributed by atoms with Gasteiger partial charge in [-0.05, 0) is 42.3 Å². The maximum Gasteiger partial charge on any atom is 0.416 e. The van der Waals surface area contributed by atoms with Crippen molar-refractivity contribution in [2.75, 3.05) is 6.61 Å². The smallest absolute Gasteiger partial charge is 0.416 e. The molecule has 35 heavy (non-hydrogen) atoms. The molecule has 0 spiro atoms. The number of alkyl halides is 3. The number of hydrogen-bond acceptors (Lipinski definition) is 8. The first-order valence-corrected chi connectivity index (χ1v) is 11.3. The third kappa shape index (κ3) is 5.06. The van der Waals surface area contributed by atoms with Crippen molar-refractivity contribution in [2.45, 2.75) is 18.6 Å². The van der Waals surface area contributed by atoms with Crippen molar-refractivity contribution in [1.82, 2.24) is 30.3 Å². The highest BCUT2D eigenvalue weighted by atomic mass is 79.9. The predicted octanol–water partition coefficient (Wildman–Crippen LogP) is 4.64. The Hall–Kier alpha value is -3.29. The van der Waals surface area contributed by atoms with Crippen LogP contribution in [0.3, 0.4) is 0 Å². The largest absolute Gasteiger partial charge is 0.436 e. The second-order valence-corrected chi connectivity index (χ2v) is 8.79. The van der Waals surface area contributed by atoms with Gasteiger partial charge in [-0.15, -0.1) is 20.4 Å². The lowest BCUT2D eigenvalue weighted by Crippen LogP contribution is -2.38. The van der Waals surface area contributed by atoms with Gasteiger partial charge >= 0.3 is 6.18 Å². The molecule has 180 valence electrons. The number of halogens is 5. The quantitative estimate of drug-likeness (QED) is 0.375. The van der Waals surface area contributed by atoms with Gasteiger partial charge in [0, 0.05) is 9.50 Å². The van der Waals surface area contributed by atoms with Gasteiger partial charge in [-0.25, -0.2) is 5.48 Å². The van der Waals surface area contributed by atoms with Crippen LogP contribution in [0.5, 0.6) is 11.6 Å². The first-order valence-electron chi connectivity index (χ1n) is 10.1. The Morgan fingerprint density at radius 3 is 2.83 bits per heavy atom. The van der Waals surface area contributed by atoms with Crippen molar-refractivity contribution < 1.29 is 22.7 Å². The molecule has 1 aliphatic rings. The normalized spacial score (nSPS) is 16.1. The molecular formula is C21H14BrClF3N7O2. The van der Waals surface area contributed by atoms with Gasteiger partial charge in [-0.2, -0.15) is 13.2 Å². The summed E-state index contributed by atoms with van der Waals surface area (Å²) in [6.45, 7) is 0.254. The van der Waals surface area contributed by atoms with Crippen LogP contribution >= 0.6 is 27.5 Å². The summed E-state index contributed by atoms with van der Waals surface area (Å²) in [7, 11) is 0. The summed E-state index contributed by atoms with van der Waals surface area (Å²) >= 11 is 9.73. The Balaban J connectivity index is 1.52. The first kappa shape index (κ1) is 23.5. The number of benzene rings is 2. The number of amidine groups is 1. The standard InChI is InChI=1S/C21H14BrClF3N7O2/c22-13-5-4-11(16(23)8-13)6-14-9-34-32-18(28-14)17-19(29-31-20-30-27-10-33(17)20)35-15-3-1-2-12(7-15)21(24,25)26/h1-5,7-8,10,14H,6,9H2,(H,28,32). The van der Waals surface area contributed by atoms with Crippen LogP contribution in [0, 0.1) is 0 Å². The Labute approximate surface area is 209 Å². The number of nitrogens with one attached hydrogen (secondary N) is 1. The number of hydroxylamine groups is 1. The molecule has 1 atom stereocenters. The molecule has 0 radical (unpaired) electrons. The molecular weight excluding hydrogens is 555 g/mol. The Morgan fingerprint density at radius 2 is 2.03 bits per heavy atom. The zero-order valence-corrected chi connectivity index (χ0v) is 19.8. The number of fused-ring (bicyclic) bond motifs is 1. The molecule has 2 aromatic carbocycles. The zero-order valence-electron chi connectivity index (χ0n) is 17.5. The summed E-state index contributed by atoms with van der Waals surface area (Å²) in [6, 6.07) is 9.65. The van der Waals surface area contributed by atoms with E-state index in [0.717, 1.165) is 22.2 Å². The van der Waals surface area contributed by atoms with Crippen molar-refractivity contribution in [3.8, 4) is 11.6 Å². The predicted molar refractivity (Wildman–Crippen MR) is 122 cm³/mol. The van der Waals surface area contributed by atoms with E-state index >= 15 is 0 Å². The van der Waals surface area contributed by atoms with Crippen LogP contribution in [-0.2, 0) is 17.4 Å². The van der Waals surface area contributed by atoms with Crippen molar-refractivity contribution >= 4 is 39.1 Å². The molecule has 1 unspecified atom stereocenters. The molecule has 0 amide bonds. The highest BCUT2D eigenvalue weighted by Crippen LogP contribution is 2.33. The van der Waals surface area contributed by atoms with Crippen molar-refractivity contribution in [1.29, 1.82) is 0 Å². The fourth-order valence-corrected chi connectivity index (χ4v) is 4.19. The van der Waals surface area contributed by atoms with Crippen LogP contribution in [0.2, 0.25) is 5.02 Å². The van der Waals surface area contributed by atoms with Crippen molar-refractivity contribution in [2.24, 2.45) is 4.99 Å². The third-order valence-electron chi connectivity index (χ3n) is 5.03. The summed E-state index contributed by atoms with van der Waals surface area (Å²) in [5.74, 6) is 0.155. The molecule has 0 aliphatic carbocycles. The van der Waals surface area contributed by atoms with Gasteiger partial charge in [-0.3, -0.25) is 14.2 Å². The van der Waals surface area contributed by atoms with Crippen molar-refractivity contribution in [3.63, 3.8) is 0 Å². The molecule has 1 N–H and O–H groups in total. The van der Waals surface area contributed by atoms with E-state index in [2.05, 4.69) is 41.8 Å². The van der Waals surface area contributed by atoms with Gasteiger partial charge in [-0.1, -0.05) is 39.7 Å². The number of aromatic nitrogens is 5. The van der Waals surface area contributed by atoms with Crippen LogP contribution < -0.4 is 10.2 Å². The Morgan fingerprint density at radius 1 is 1.17 bits per heavy atom. The van der Waals surface area contributed by atoms with Gasteiger partial charge in [0.1, 0.15) is 12.1 Å². The summed E-state index contributed by atoms with van der Waals surface area (Å²) in [5, 5.41) is 16.2. The number of ether oxygens (including phenoxy) is 1. The van der Waals surface area contributed by atoms with Gasteiger partial charge < -0.3 is 4.74 Å². The van der Waals surface area contributed by atoms with E-state index in [1.165, 1.54) is 22.9 Å². The van der Waals surface area contributed by atoms with Crippen molar-refractivity contribution in [3.05, 3.63) is 75.1 Å². The van der Waals surface area contributed by atoms with Gasteiger partial charge in [0.15, 0.2) is 11.5 Å². The number of aliphatic imine (C=N–C) groups is 1.